The molecule has 3 heterocycles. The summed E-state index contributed by atoms with van der Waals surface area (Å²) in [4.78, 5) is 141. The average molecular weight is 1970 g/mol. The molecule has 0 amide bonds. The van der Waals surface area contributed by atoms with Crippen LogP contribution in [0.4, 0.5) is 68.8 Å². The van der Waals surface area contributed by atoms with Crippen LogP contribution in [-0.2, 0) is 78.1 Å². The Kier molecular flexibility index (Phi) is 39.4. The first-order chi connectivity index (χ1) is 62.9. The van der Waals surface area contributed by atoms with Gasteiger partial charge in [-0.15, -0.1) is 0 Å². The molecule has 0 radical (unpaired) electrons. The number of hydrogen-bond donors (Lipinski definition) is 7. The van der Waals surface area contributed by atoms with Crippen molar-refractivity contribution in [2.45, 2.75) is 113 Å². The van der Waals surface area contributed by atoms with Crippen molar-refractivity contribution in [1.82, 2.24) is 24.1 Å². The Morgan fingerprint density at radius 1 is 0.530 bits per heavy atom. The number of benzene rings is 8. The molecular weight excluding hydrogens is 1880 g/mol. The van der Waals surface area contributed by atoms with Gasteiger partial charge in [0.05, 0.1) is 138 Å². The van der Waals surface area contributed by atoms with E-state index in [1.165, 1.54) is 79.9 Å². The predicted octanol–water partition coefficient (Wildman–Crippen LogP) is 20.3. The third-order valence-corrected chi connectivity index (χ3v) is 23.4. The van der Waals surface area contributed by atoms with Gasteiger partial charge in [0, 0.05) is 64.5 Å². The van der Waals surface area contributed by atoms with Gasteiger partial charge in [-0.05, 0) is 185 Å². The Balaban J connectivity index is 0.000000285. The van der Waals surface area contributed by atoms with Crippen LogP contribution in [0, 0.1) is 102 Å². The van der Waals surface area contributed by atoms with E-state index in [4.69, 9.17) is 114 Å². The number of Topliss-reactive ketones (excluding diaryl/α,β-unsaturated/α-hetero) is 4. The fraction of sp³-hybridized carbons (Fsp3) is 0.286. The van der Waals surface area contributed by atoms with Gasteiger partial charge in [-0.3, -0.25) is 68.7 Å². The number of carbonyl (C=O) groups excluding carboxylic acids is 7. The summed E-state index contributed by atoms with van der Waals surface area (Å²) < 4.78 is 18.2. The maximum atomic E-state index is 12.7. The molecule has 0 fully saturated rings. The predicted molar refractivity (Wildman–Crippen MR) is 517 cm³/mol. The van der Waals surface area contributed by atoms with Gasteiger partial charge in [0.15, 0.2) is 5.78 Å². The standard InChI is InChI=1S/C22H20Cl2N4O3.C19H16Cl2N4O.C15H17N3O5.C13H17N3O.C8H6ClN3O2.C7H2Cl2N2O2.C7H12O3/c1-6-31-20(30)22(3,12(2)29)13-10-11-16-19(17(13)25-4)28(5)21(26-16)27-18-14(23)8-7-9-15(18)24;1-9-10(2)22-18(26)15-11(9)7-8-14-17(15)25(3)19(23-14)24-16-12(20)5-4-6-13(16)21;1-5-23-14(20)15(3,9(2)19)11-6-7-12(18(21)22)13(17-4)10(11)8-16;1-8(17)13(2,3)10-5-6-11(15)12(16-4)9(10)7-14;1-11-8-5(4-10)6(9)2-3-7(8)12(13)14;8-5-1-2-6(11(12)13)7(9)4(5)3-10;1-4-10-7(9)5(2)6(3)8/h7-11H,6H2,1-3,5H3,(H,26,27);4-8H,1-3H3,(H,22,26)(H,23,24);6-7,17H,5H2,1-4H3;5-6,16H,15H2,1-4H3;2-3,11H,1H3;1-2H;5H,4H2,1-3H3. The van der Waals surface area contributed by atoms with Crippen molar-refractivity contribution in [2.75, 3.05) is 73.3 Å². The number of nitro benzene ring substituents is 3. The van der Waals surface area contributed by atoms with Crippen LogP contribution in [0.15, 0.2) is 114 Å². The molecule has 0 aliphatic rings. The number of ketones is 4. The van der Waals surface area contributed by atoms with Crippen molar-refractivity contribution in [3.8, 4) is 24.3 Å². The molecular formula is C91H90Cl7N19O17. The topological polar surface area (TPSA) is 531 Å². The van der Waals surface area contributed by atoms with E-state index in [2.05, 4.69) is 57.2 Å². The van der Waals surface area contributed by atoms with Crippen molar-refractivity contribution in [2.24, 2.45) is 20.0 Å². The van der Waals surface area contributed by atoms with Crippen molar-refractivity contribution in [1.29, 1.82) is 21.0 Å². The lowest BCUT2D eigenvalue weighted by Gasteiger charge is -2.26. The second-order valence-electron chi connectivity index (χ2n) is 29.4. The zero-order valence-corrected chi connectivity index (χ0v) is 80.9. The molecule has 43 heteroatoms. The van der Waals surface area contributed by atoms with Gasteiger partial charge < -0.3 is 60.6 Å². The van der Waals surface area contributed by atoms with E-state index in [0.29, 0.717) is 88.9 Å². The normalized spacial score (nSPS) is 11.5. The van der Waals surface area contributed by atoms with Crippen molar-refractivity contribution >= 4 is 224 Å². The van der Waals surface area contributed by atoms with Crippen molar-refractivity contribution in [3.05, 3.63) is 247 Å². The first kappa shape index (κ1) is 110. The molecule has 3 atom stereocenters. The number of aromatic amines is 1. The number of nitrogens with one attached hydrogen (secondary N) is 6. The molecule has 0 bridgehead atoms. The summed E-state index contributed by atoms with van der Waals surface area (Å²) in [5.41, 5.74) is 8.98. The average Bonchev–Trinajstić information content (AvgIpc) is 1.53. The van der Waals surface area contributed by atoms with Crippen LogP contribution in [0.3, 0.4) is 0 Å². The van der Waals surface area contributed by atoms with Gasteiger partial charge in [-0.25, -0.2) is 14.8 Å². The first-order valence-electron chi connectivity index (χ1n) is 39.7. The number of nitro groups is 3. The first-order valence-corrected chi connectivity index (χ1v) is 42.4. The number of para-hydroxylation sites is 2. The van der Waals surface area contributed by atoms with E-state index < -0.39 is 66.4 Å². The Morgan fingerprint density at radius 2 is 0.918 bits per heavy atom. The quantitative estimate of drug-likeness (QED) is 0.00595. The lowest BCUT2D eigenvalue weighted by molar-refractivity contribution is -0.384. The number of nitrogens with two attached hydrogens (primary N) is 1. The largest absolute Gasteiger partial charge is 0.465 e. The number of anilines is 8. The molecule has 134 heavy (non-hydrogen) atoms. The van der Waals surface area contributed by atoms with Gasteiger partial charge >= 0.3 is 17.9 Å². The molecule has 700 valence electrons. The maximum Gasteiger partial charge on any atom is 0.323 e. The SMILES string of the molecule is CCOC(=O)C(C)(C(C)=O)c1ccc([N+](=O)[O-])c(NC)c1C#N.CCOC(=O)C(C)C(C)=O.CNc1c(N)ccc(C(C)(C)C(C)=O)c1C#N.CNc1c([N+](=O)[O-])ccc(Cl)c1C#N.Cc1[nH]c(=O)c2c(ccc3nc(Nc4c(Cl)cccc4Cl)n(C)c32)c1C.N#Cc1c(Cl)ccc([N+](=O)[O-])c1Cl.[C-]#[N+]c1c(C(C)(C(C)=O)C(=O)OCC)ccc2nc(Nc3c(Cl)cccc3Cl)n(C)c12. The molecule has 3 unspecified atom stereocenters. The third kappa shape index (κ3) is 24.2. The number of aryl methyl sites for hydroxylation is 4. The van der Waals surface area contributed by atoms with Gasteiger partial charge in [-0.1, -0.05) is 112 Å². The number of aromatic nitrogens is 5. The Morgan fingerprint density at radius 3 is 1.33 bits per heavy atom. The fourth-order valence-corrected chi connectivity index (χ4v) is 14.5. The highest BCUT2D eigenvalue weighted by molar-refractivity contribution is 6.40. The van der Waals surface area contributed by atoms with Crippen LogP contribution in [0.1, 0.15) is 133 Å². The lowest BCUT2D eigenvalue weighted by Crippen LogP contribution is -2.41. The summed E-state index contributed by atoms with van der Waals surface area (Å²) >= 11 is 41.8. The van der Waals surface area contributed by atoms with E-state index in [0.717, 1.165) is 39.8 Å². The van der Waals surface area contributed by atoms with Gasteiger partial charge in [0.1, 0.15) is 80.3 Å². The van der Waals surface area contributed by atoms with Gasteiger partial charge in [-0.2, -0.15) is 21.0 Å². The molecule has 36 nitrogen and oxygen atoms in total. The molecule has 8 aromatic carbocycles. The molecule has 0 spiro atoms. The minimum Gasteiger partial charge on any atom is -0.465 e. The number of rotatable bonds is 23. The number of carbonyl (C=O) groups is 7. The van der Waals surface area contributed by atoms with E-state index in [1.807, 2.05) is 49.7 Å². The van der Waals surface area contributed by atoms with Gasteiger partial charge in [0.2, 0.25) is 17.6 Å². The van der Waals surface area contributed by atoms with Crippen molar-refractivity contribution < 1.29 is 62.5 Å². The van der Waals surface area contributed by atoms with Crippen LogP contribution >= 0.6 is 81.2 Å². The van der Waals surface area contributed by atoms with Crippen molar-refractivity contribution in [3.63, 3.8) is 0 Å². The monoisotopic (exact) mass is 1970 g/mol. The summed E-state index contributed by atoms with van der Waals surface area (Å²) in [6.45, 7) is 30.6. The van der Waals surface area contributed by atoms with E-state index in [1.54, 1.807) is 127 Å². The van der Waals surface area contributed by atoms with Crippen LogP contribution < -0.4 is 37.9 Å². The number of nitrogens with zero attached hydrogens (tertiary/aromatic N) is 12. The number of nitriles is 4. The highest BCUT2D eigenvalue weighted by Gasteiger charge is 2.46. The minimum absolute atomic E-state index is 0.0147. The molecule has 11 aromatic rings. The van der Waals surface area contributed by atoms with E-state index >= 15 is 0 Å². The summed E-state index contributed by atoms with van der Waals surface area (Å²) in [6.07, 6.45) is 0. The number of nitrogen functional groups attached to an aromatic ring is 1. The number of ether oxygens (including phenoxy) is 3. The molecule has 8 N–H and O–H groups in total. The number of hydrogen-bond acceptors (Lipinski definition) is 29. The number of imidazole rings is 2. The Labute approximate surface area is 803 Å². The number of halogens is 7. The number of fused-ring (bicyclic) bond motifs is 4. The molecule has 0 aliphatic carbocycles. The number of esters is 3. The minimum atomic E-state index is -1.72. The van der Waals surface area contributed by atoms with Crippen LogP contribution in [0.25, 0.3) is 37.7 Å². The zero-order chi connectivity index (χ0) is 101. The number of H-pyrrole nitrogens is 1. The van der Waals surface area contributed by atoms with E-state index in [9.17, 15) is 79.2 Å². The molecule has 11 rings (SSSR count). The third-order valence-electron chi connectivity index (χ3n) is 21.1. The summed E-state index contributed by atoms with van der Waals surface area (Å²) in [7, 11) is 8.20. The highest BCUT2D eigenvalue weighted by Crippen LogP contribution is 2.44. The lowest BCUT2D eigenvalue weighted by atomic mass is 9.76. The zero-order valence-electron chi connectivity index (χ0n) is 75.6. The maximum absolute atomic E-state index is 12.7. The fourth-order valence-electron chi connectivity index (χ4n) is 12.8. The molecule has 3 aromatic heterocycles. The Hall–Kier alpha value is -14.5. The summed E-state index contributed by atoms with van der Waals surface area (Å²) in [6, 6.07) is 35.9. The summed E-state index contributed by atoms with van der Waals surface area (Å²) in [5.74, 6) is -2.68. The molecule has 0 aliphatic heterocycles. The summed E-state index contributed by atoms with van der Waals surface area (Å²) in [5, 5.41) is 85.8. The van der Waals surface area contributed by atoms with Crippen LogP contribution in [0.5, 0.6) is 0 Å². The van der Waals surface area contributed by atoms with Crippen LogP contribution in [0.2, 0.25) is 35.2 Å². The van der Waals surface area contributed by atoms with Gasteiger partial charge in [0.25, 0.3) is 22.6 Å². The molecule has 0 saturated carbocycles. The molecule has 0 saturated heterocycles. The second-order valence-corrected chi connectivity index (χ2v) is 32.2. The smallest absolute Gasteiger partial charge is 0.323 e. The second kappa shape index (κ2) is 48.0. The van der Waals surface area contributed by atoms with E-state index in [-0.39, 0.29) is 107 Å². The highest BCUT2D eigenvalue weighted by atomic mass is 35.5. The number of pyridine rings is 1. The Bertz CT molecular complexity index is 6740. The van der Waals surface area contributed by atoms with Crippen LogP contribution in [-0.4, -0.2) is 121 Å².